The zero-order valence-electron chi connectivity index (χ0n) is 32.6. The predicted octanol–water partition coefficient (Wildman–Crippen LogP) is 8.35. The topological polar surface area (TPSA) is 190 Å². The highest BCUT2D eigenvalue weighted by molar-refractivity contribution is 7.89. The normalized spacial score (nSPS) is 13.4. The zero-order chi connectivity index (χ0) is 39.6. The monoisotopic (exact) mass is 757 g/mol. The van der Waals surface area contributed by atoms with Crippen LogP contribution in [0.5, 0.6) is 5.88 Å². The molecule has 2 N–H and O–H groups in total. The average molecular weight is 758 g/mol. The number of nitrogens with zero attached hydrogens (tertiary/aromatic N) is 4. The van der Waals surface area contributed by atoms with Crippen molar-refractivity contribution in [1.29, 1.82) is 5.26 Å². The highest BCUT2D eigenvalue weighted by Gasteiger charge is 2.22. The van der Waals surface area contributed by atoms with Gasteiger partial charge in [-0.25, -0.2) is 13.1 Å². The van der Waals surface area contributed by atoms with Crippen LogP contribution in [0.15, 0.2) is 38.1 Å². The van der Waals surface area contributed by atoms with Crippen molar-refractivity contribution in [1.82, 2.24) is 9.29 Å². The van der Waals surface area contributed by atoms with Gasteiger partial charge in [0.2, 0.25) is 15.9 Å². The Bertz CT molecular complexity index is 1750. The first-order valence-electron chi connectivity index (χ1n) is 19.0. The first-order valence-corrected chi connectivity index (χ1v) is 20.4. The van der Waals surface area contributed by atoms with E-state index >= 15 is 0 Å². The maximum absolute atomic E-state index is 13.4. The van der Waals surface area contributed by atoms with E-state index in [0.29, 0.717) is 18.4 Å². The van der Waals surface area contributed by atoms with Crippen LogP contribution in [-0.4, -0.2) is 48.8 Å². The molecule has 0 amide bonds. The van der Waals surface area contributed by atoms with Gasteiger partial charge in [0.25, 0.3) is 5.56 Å². The van der Waals surface area contributed by atoms with Crippen molar-refractivity contribution >= 4 is 33.3 Å². The van der Waals surface area contributed by atoms with Crippen molar-refractivity contribution in [3.8, 4) is 11.9 Å². The molecule has 0 aliphatic rings. The third kappa shape index (κ3) is 14.7. The molecule has 0 fully saturated rings. The number of esters is 2. The van der Waals surface area contributed by atoms with E-state index < -0.39 is 27.7 Å². The lowest BCUT2D eigenvalue weighted by molar-refractivity contribution is -0.149. The molecule has 0 spiro atoms. The van der Waals surface area contributed by atoms with Gasteiger partial charge in [-0.05, 0) is 83.1 Å². The van der Waals surface area contributed by atoms with Gasteiger partial charge in [-0.15, -0.1) is 5.11 Å². The van der Waals surface area contributed by atoms with Gasteiger partial charge in [0.05, 0.1) is 16.7 Å². The fourth-order valence-electron chi connectivity index (χ4n) is 5.75. The molecule has 1 aromatic carbocycles. The number of aromatic hydroxyl groups is 1. The summed E-state index contributed by atoms with van der Waals surface area (Å²) in [5.74, 6) is -0.802. The lowest BCUT2D eigenvalue weighted by Gasteiger charge is -2.19. The van der Waals surface area contributed by atoms with Gasteiger partial charge in [0, 0.05) is 31.5 Å². The number of nitrogens with one attached hydrogen (secondary N) is 1. The van der Waals surface area contributed by atoms with Gasteiger partial charge in [0.15, 0.2) is 5.69 Å². The Morgan fingerprint density at radius 1 is 0.925 bits per heavy atom. The number of carbonyl (C=O) groups excluding carboxylic acids is 2. The van der Waals surface area contributed by atoms with E-state index in [1.165, 1.54) is 29.7 Å². The number of hydrogen-bond donors (Lipinski definition) is 2. The molecule has 1 aromatic heterocycles. The largest absolute Gasteiger partial charge is 0.493 e. The summed E-state index contributed by atoms with van der Waals surface area (Å²) >= 11 is 0. The van der Waals surface area contributed by atoms with Gasteiger partial charge < -0.3 is 14.6 Å². The summed E-state index contributed by atoms with van der Waals surface area (Å²) in [5.41, 5.74) is 0.194. The van der Waals surface area contributed by atoms with Crippen molar-refractivity contribution in [2.75, 3.05) is 6.54 Å². The fourth-order valence-corrected chi connectivity index (χ4v) is 7.09. The van der Waals surface area contributed by atoms with Gasteiger partial charge in [-0.2, -0.15) is 10.4 Å². The lowest BCUT2D eigenvalue weighted by Crippen LogP contribution is -2.33. The molecule has 3 atom stereocenters. The molecule has 0 aliphatic heterocycles. The Balaban J connectivity index is 1.94. The van der Waals surface area contributed by atoms with Crippen LogP contribution < -0.4 is 10.3 Å². The van der Waals surface area contributed by atoms with Crippen LogP contribution in [0.25, 0.3) is 0 Å². The molecule has 13 nitrogen and oxygen atoms in total. The van der Waals surface area contributed by atoms with E-state index in [4.69, 9.17) is 9.47 Å². The third-order valence-corrected chi connectivity index (χ3v) is 10.9. The van der Waals surface area contributed by atoms with Crippen LogP contribution in [-0.2, 0) is 35.6 Å². The van der Waals surface area contributed by atoms with Crippen molar-refractivity contribution in [2.24, 2.45) is 16.1 Å². The number of nitriles is 1. The number of rotatable bonds is 24. The Hall–Kier alpha value is -4.09. The predicted molar refractivity (Wildman–Crippen MR) is 204 cm³/mol. The maximum Gasteiger partial charge on any atom is 0.306 e. The van der Waals surface area contributed by atoms with Gasteiger partial charge in [-0.3, -0.25) is 19.0 Å². The van der Waals surface area contributed by atoms with E-state index in [1.54, 1.807) is 13.8 Å². The number of sulfonamides is 1. The smallest absolute Gasteiger partial charge is 0.306 e. The molecule has 0 aliphatic carbocycles. The number of benzene rings is 1. The Labute approximate surface area is 315 Å². The Kier molecular flexibility index (Phi) is 19.4. The average Bonchev–Trinajstić information content (AvgIpc) is 3.11. The Morgan fingerprint density at radius 3 is 2.08 bits per heavy atom. The summed E-state index contributed by atoms with van der Waals surface area (Å²) in [7, 11) is -3.96. The van der Waals surface area contributed by atoms with Crippen LogP contribution in [0.4, 0.5) is 11.4 Å². The van der Waals surface area contributed by atoms with Gasteiger partial charge in [0.1, 0.15) is 17.7 Å². The second-order valence-corrected chi connectivity index (χ2v) is 15.5. The maximum atomic E-state index is 13.4. The van der Waals surface area contributed by atoms with Crippen LogP contribution in [0, 0.1) is 31.1 Å². The minimum absolute atomic E-state index is 0.00927. The quantitative estimate of drug-likeness (QED) is 0.0602. The second kappa shape index (κ2) is 22.9. The number of pyridine rings is 1. The third-order valence-electron chi connectivity index (χ3n) is 9.28. The standard InChI is InChI=1S/C39H59N5O8S/c1-8-11-18-31(10-3)26-44-38(47)33(24-40)30(7)37(39(44)48)43-42-32-21-22-34(27(4)23-32)53(49,50)41-25-29(6)52-36(46)20-17-15-13-12-14-16-19-35(45)51-28(5)9-2/h21-23,28-29,31,41,47H,8-20,25-26H2,1-7H3. The van der Waals surface area contributed by atoms with Crippen molar-refractivity contribution in [3.05, 3.63) is 45.2 Å². The van der Waals surface area contributed by atoms with Crippen LogP contribution in [0.1, 0.15) is 135 Å². The molecule has 3 unspecified atom stereocenters. The number of ether oxygens (including phenoxy) is 2. The molecule has 53 heavy (non-hydrogen) atoms. The number of azo groups is 1. The number of aromatic nitrogens is 1. The molecule has 2 aromatic rings. The molecule has 294 valence electrons. The molecule has 0 saturated heterocycles. The number of aryl methyl sites for hydroxylation is 1. The highest BCUT2D eigenvalue weighted by atomic mass is 32.2. The lowest BCUT2D eigenvalue weighted by atomic mass is 9.99. The Morgan fingerprint density at radius 2 is 1.53 bits per heavy atom. The van der Waals surface area contributed by atoms with E-state index in [9.17, 15) is 33.2 Å². The van der Waals surface area contributed by atoms with Crippen LogP contribution >= 0.6 is 0 Å². The van der Waals surface area contributed by atoms with Crippen molar-refractivity contribution in [2.45, 2.75) is 156 Å². The highest BCUT2D eigenvalue weighted by Crippen LogP contribution is 2.29. The summed E-state index contributed by atoms with van der Waals surface area (Å²) in [6.07, 6.45) is 9.53. The molecular weight excluding hydrogens is 699 g/mol. The van der Waals surface area contributed by atoms with Crippen LogP contribution in [0.3, 0.4) is 0 Å². The first kappa shape index (κ1) is 45.1. The zero-order valence-corrected chi connectivity index (χ0v) is 33.4. The second-order valence-electron chi connectivity index (χ2n) is 13.7. The molecule has 0 bridgehead atoms. The van der Waals surface area contributed by atoms with Crippen molar-refractivity contribution < 1.29 is 32.6 Å². The van der Waals surface area contributed by atoms with E-state index in [0.717, 1.165) is 64.2 Å². The summed E-state index contributed by atoms with van der Waals surface area (Å²) in [6.45, 7) is 12.8. The molecule has 2 rings (SSSR count). The summed E-state index contributed by atoms with van der Waals surface area (Å²) < 4.78 is 40.6. The van der Waals surface area contributed by atoms with E-state index in [1.807, 2.05) is 26.8 Å². The summed E-state index contributed by atoms with van der Waals surface area (Å²) in [4.78, 5) is 37.5. The van der Waals surface area contributed by atoms with Gasteiger partial charge >= 0.3 is 11.9 Å². The van der Waals surface area contributed by atoms with Crippen LogP contribution in [0.2, 0.25) is 0 Å². The fraction of sp³-hybridized carbons (Fsp3) is 0.641. The summed E-state index contributed by atoms with van der Waals surface area (Å²) in [5, 5.41) is 28.8. The van der Waals surface area contributed by atoms with E-state index in [2.05, 4.69) is 21.9 Å². The number of hydrogen-bond acceptors (Lipinski definition) is 11. The minimum Gasteiger partial charge on any atom is -0.493 e. The summed E-state index contributed by atoms with van der Waals surface area (Å²) in [6, 6.07) is 6.32. The first-order chi connectivity index (χ1) is 25.2. The minimum atomic E-state index is -3.96. The number of unbranched alkanes of at least 4 members (excludes halogenated alkanes) is 6. The van der Waals surface area contributed by atoms with E-state index in [-0.39, 0.29) is 70.8 Å². The SMILES string of the molecule is CCCCC(CC)Cn1c(O)c(C#N)c(C)c(N=Nc2ccc(S(=O)(=O)NCC(C)OC(=O)CCCCCCCCC(=O)OC(C)CC)c(C)c2)c1=O. The molecule has 1 heterocycles. The number of carbonyl (C=O) groups is 2. The molecular formula is C39H59N5O8S. The van der Waals surface area contributed by atoms with Gasteiger partial charge in [-0.1, -0.05) is 65.7 Å². The molecule has 0 saturated carbocycles. The molecule has 14 heteroatoms. The van der Waals surface area contributed by atoms with Crippen molar-refractivity contribution in [3.63, 3.8) is 0 Å². The molecule has 0 radical (unpaired) electrons.